The maximum absolute atomic E-state index is 11.8. The number of ether oxygens (including phenoxy) is 1. The molecule has 18 heavy (non-hydrogen) atoms. The molecule has 4 nitrogen and oxygen atoms in total. The van der Waals surface area contributed by atoms with Gasteiger partial charge in [-0.1, -0.05) is 18.2 Å². The van der Waals surface area contributed by atoms with Gasteiger partial charge in [0.05, 0.1) is 13.5 Å². The summed E-state index contributed by atoms with van der Waals surface area (Å²) >= 11 is 5.01. The van der Waals surface area contributed by atoms with Crippen LogP contribution in [0.2, 0.25) is 0 Å². The monoisotopic (exact) mass is 266 g/mol. The number of methoxy groups -OCH3 is 1. The van der Waals surface area contributed by atoms with Crippen LogP contribution in [0, 0.1) is 0 Å². The molecule has 0 aromatic heterocycles. The molecule has 0 aliphatic rings. The third-order valence-electron chi connectivity index (χ3n) is 2.22. The minimum Gasteiger partial charge on any atom is -0.496 e. The SMILES string of the molecule is COc1ccccc1CC(=O)NC(=S)NC(C)C. The quantitative estimate of drug-likeness (QED) is 0.813. The van der Waals surface area contributed by atoms with E-state index in [0.29, 0.717) is 10.9 Å². The molecule has 0 bridgehead atoms. The maximum atomic E-state index is 11.8. The normalized spacial score (nSPS) is 10.0. The summed E-state index contributed by atoms with van der Waals surface area (Å²) in [6.45, 7) is 3.91. The summed E-state index contributed by atoms with van der Waals surface area (Å²) in [6.07, 6.45) is 0.240. The van der Waals surface area contributed by atoms with Crippen molar-refractivity contribution in [3.8, 4) is 5.75 Å². The zero-order valence-electron chi connectivity index (χ0n) is 10.8. The molecule has 0 spiro atoms. The lowest BCUT2D eigenvalue weighted by Crippen LogP contribution is -2.42. The van der Waals surface area contributed by atoms with E-state index >= 15 is 0 Å². The molecular weight excluding hydrogens is 248 g/mol. The molecule has 0 heterocycles. The van der Waals surface area contributed by atoms with E-state index in [2.05, 4.69) is 10.6 Å². The molecule has 0 saturated carbocycles. The summed E-state index contributed by atoms with van der Waals surface area (Å²) in [5.41, 5.74) is 0.838. The lowest BCUT2D eigenvalue weighted by Gasteiger charge is -2.12. The first-order chi connectivity index (χ1) is 8.52. The number of amides is 1. The van der Waals surface area contributed by atoms with Crippen LogP contribution in [0.4, 0.5) is 0 Å². The maximum Gasteiger partial charge on any atom is 0.230 e. The molecule has 1 aromatic carbocycles. The van der Waals surface area contributed by atoms with E-state index in [1.807, 2.05) is 38.1 Å². The Kier molecular flexibility index (Phi) is 5.58. The largest absolute Gasteiger partial charge is 0.496 e. The van der Waals surface area contributed by atoms with E-state index in [1.54, 1.807) is 7.11 Å². The predicted molar refractivity (Wildman–Crippen MR) is 75.7 cm³/mol. The zero-order valence-corrected chi connectivity index (χ0v) is 11.6. The second-order valence-corrected chi connectivity index (χ2v) is 4.57. The molecule has 0 fully saturated rings. The van der Waals surface area contributed by atoms with Crippen molar-refractivity contribution < 1.29 is 9.53 Å². The Balaban J connectivity index is 2.57. The van der Waals surface area contributed by atoms with E-state index in [0.717, 1.165) is 5.56 Å². The predicted octanol–water partition coefficient (Wildman–Crippen LogP) is 1.64. The minimum atomic E-state index is -0.155. The van der Waals surface area contributed by atoms with Crippen LogP contribution in [0.5, 0.6) is 5.75 Å². The molecule has 1 rings (SSSR count). The van der Waals surface area contributed by atoms with Gasteiger partial charge in [-0.15, -0.1) is 0 Å². The van der Waals surface area contributed by atoms with Crippen molar-refractivity contribution in [2.75, 3.05) is 7.11 Å². The Hall–Kier alpha value is -1.62. The van der Waals surface area contributed by atoms with Crippen molar-refractivity contribution in [2.24, 2.45) is 0 Å². The Morgan fingerprint density at radius 2 is 2.06 bits per heavy atom. The molecule has 0 unspecified atom stereocenters. The molecule has 98 valence electrons. The highest BCUT2D eigenvalue weighted by molar-refractivity contribution is 7.80. The van der Waals surface area contributed by atoms with Crippen LogP contribution < -0.4 is 15.4 Å². The fourth-order valence-electron chi connectivity index (χ4n) is 1.49. The van der Waals surface area contributed by atoms with E-state index in [-0.39, 0.29) is 18.4 Å². The molecule has 0 aliphatic heterocycles. The van der Waals surface area contributed by atoms with Gasteiger partial charge in [-0.25, -0.2) is 0 Å². The van der Waals surface area contributed by atoms with Crippen LogP contribution in [0.25, 0.3) is 0 Å². The molecule has 1 amide bonds. The third kappa shape index (κ3) is 4.71. The number of carbonyl (C=O) groups excluding carboxylic acids is 1. The van der Waals surface area contributed by atoms with E-state index in [9.17, 15) is 4.79 Å². The average Bonchev–Trinajstić information content (AvgIpc) is 2.28. The van der Waals surface area contributed by atoms with Gasteiger partial charge in [0.1, 0.15) is 5.75 Å². The van der Waals surface area contributed by atoms with Crippen molar-refractivity contribution >= 4 is 23.2 Å². The van der Waals surface area contributed by atoms with Gasteiger partial charge in [0.25, 0.3) is 0 Å². The van der Waals surface area contributed by atoms with Crippen molar-refractivity contribution in [2.45, 2.75) is 26.3 Å². The van der Waals surface area contributed by atoms with Crippen LogP contribution in [0.15, 0.2) is 24.3 Å². The fraction of sp³-hybridized carbons (Fsp3) is 0.385. The fourth-order valence-corrected chi connectivity index (χ4v) is 1.84. The van der Waals surface area contributed by atoms with Gasteiger partial charge in [0.15, 0.2) is 5.11 Å². The molecule has 1 aromatic rings. The third-order valence-corrected chi connectivity index (χ3v) is 2.44. The lowest BCUT2D eigenvalue weighted by molar-refractivity contribution is -0.119. The van der Waals surface area contributed by atoms with Crippen molar-refractivity contribution in [3.63, 3.8) is 0 Å². The molecule has 5 heteroatoms. The van der Waals surface area contributed by atoms with Gasteiger partial charge in [0, 0.05) is 11.6 Å². The minimum absolute atomic E-state index is 0.155. The molecule has 0 aliphatic carbocycles. The first-order valence-corrected chi connectivity index (χ1v) is 6.16. The van der Waals surface area contributed by atoms with Gasteiger partial charge < -0.3 is 15.4 Å². The summed E-state index contributed by atoms with van der Waals surface area (Å²) in [6, 6.07) is 7.62. The van der Waals surface area contributed by atoms with Gasteiger partial charge in [-0.3, -0.25) is 4.79 Å². The van der Waals surface area contributed by atoms with Crippen LogP contribution in [-0.2, 0) is 11.2 Å². The zero-order chi connectivity index (χ0) is 13.5. The average molecular weight is 266 g/mol. The summed E-state index contributed by atoms with van der Waals surface area (Å²) in [5, 5.41) is 5.94. The number of benzene rings is 1. The van der Waals surface area contributed by atoms with Crippen molar-refractivity contribution in [1.29, 1.82) is 0 Å². The number of nitrogens with one attached hydrogen (secondary N) is 2. The smallest absolute Gasteiger partial charge is 0.230 e. The second kappa shape index (κ2) is 6.96. The number of hydrogen-bond acceptors (Lipinski definition) is 3. The summed E-state index contributed by atoms with van der Waals surface area (Å²) < 4.78 is 5.19. The van der Waals surface area contributed by atoms with Crippen LogP contribution in [0.3, 0.4) is 0 Å². The van der Waals surface area contributed by atoms with Gasteiger partial charge in [-0.2, -0.15) is 0 Å². The Morgan fingerprint density at radius 1 is 1.39 bits per heavy atom. The number of para-hydroxylation sites is 1. The molecular formula is C13H18N2O2S. The van der Waals surface area contributed by atoms with Crippen LogP contribution in [0.1, 0.15) is 19.4 Å². The lowest BCUT2D eigenvalue weighted by atomic mass is 10.1. The van der Waals surface area contributed by atoms with Crippen LogP contribution in [-0.4, -0.2) is 24.2 Å². The van der Waals surface area contributed by atoms with E-state index in [1.165, 1.54) is 0 Å². The van der Waals surface area contributed by atoms with Gasteiger partial charge in [-0.05, 0) is 32.1 Å². The number of thiocarbonyl (C=S) groups is 1. The Bertz CT molecular complexity index is 433. The number of hydrogen-bond donors (Lipinski definition) is 2. The Morgan fingerprint density at radius 3 is 2.67 bits per heavy atom. The number of carbonyl (C=O) groups is 1. The first kappa shape index (κ1) is 14.4. The Labute approximate surface area is 113 Å². The van der Waals surface area contributed by atoms with Crippen LogP contribution >= 0.6 is 12.2 Å². The highest BCUT2D eigenvalue weighted by Crippen LogP contribution is 2.17. The summed E-state index contributed by atoms with van der Waals surface area (Å²) in [4.78, 5) is 11.8. The highest BCUT2D eigenvalue weighted by atomic mass is 32.1. The molecule has 0 atom stereocenters. The van der Waals surface area contributed by atoms with E-state index in [4.69, 9.17) is 17.0 Å². The number of rotatable bonds is 4. The van der Waals surface area contributed by atoms with Gasteiger partial charge >= 0.3 is 0 Å². The topological polar surface area (TPSA) is 50.4 Å². The van der Waals surface area contributed by atoms with Crippen molar-refractivity contribution in [3.05, 3.63) is 29.8 Å². The van der Waals surface area contributed by atoms with Gasteiger partial charge in [0.2, 0.25) is 5.91 Å². The molecule has 0 radical (unpaired) electrons. The standard InChI is InChI=1S/C13H18N2O2S/c1-9(2)14-13(18)15-12(16)8-10-6-4-5-7-11(10)17-3/h4-7,9H,8H2,1-3H3,(H2,14,15,16,18). The van der Waals surface area contributed by atoms with E-state index < -0.39 is 0 Å². The second-order valence-electron chi connectivity index (χ2n) is 4.16. The highest BCUT2D eigenvalue weighted by Gasteiger charge is 2.09. The molecule has 2 N–H and O–H groups in total. The summed E-state index contributed by atoms with van der Waals surface area (Å²) in [7, 11) is 1.59. The first-order valence-electron chi connectivity index (χ1n) is 5.75. The molecule has 0 saturated heterocycles. The van der Waals surface area contributed by atoms with Crippen molar-refractivity contribution in [1.82, 2.24) is 10.6 Å². The summed E-state index contributed by atoms with van der Waals surface area (Å²) in [5.74, 6) is 0.549.